The number of carboxylic acids is 1. The van der Waals surface area contributed by atoms with E-state index in [0.717, 1.165) is 0 Å². The molecular weight excluding hydrogens is 314 g/mol. The fourth-order valence-corrected chi connectivity index (χ4v) is 3.35. The lowest BCUT2D eigenvalue weighted by molar-refractivity contribution is -0.140. The van der Waals surface area contributed by atoms with Crippen LogP contribution in [0.25, 0.3) is 11.1 Å². The highest BCUT2D eigenvalue weighted by Gasteiger charge is 2.29. The number of hydrogen-bond acceptors (Lipinski definition) is 3. The number of rotatable bonds is 7. The molecule has 1 aliphatic rings. The number of nitrogens with one attached hydrogen (secondary N) is 1. The summed E-state index contributed by atoms with van der Waals surface area (Å²) in [5.74, 6) is -0.557. The van der Waals surface area contributed by atoms with E-state index < -0.39 is 12.0 Å². The van der Waals surface area contributed by atoms with Crippen LogP contribution < -0.4 is 5.32 Å². The van der Waals surface area contributed by atoms with Crippen molar-refractivity contribution in [2.75, 3.05) is 6.61 Å². The van der Waals surface area contributed by atoms with Gasteiger partial charge < -0.3 is 15.2 Å². The van der Waals surface area contributed by atoms with Gasteiger partial charge in [-0.25, -0.2) is 4.79 Å². The van der Waals surface area contributed by atoms with E-state index in [1.807, 2.05) is 38.1 Å². The van der Waals surface area contributed by atoms with Gasteiger partial charge in [-0.15, -0.1) is 0 Å². The van der Waals surface area contributed by atoms with E-state index in [9.17, 15) is 9.90 Å². The Morgan fingerprint density at radius 3 is 2.12 bits per heavy atom. The van der Waals surface area contributed by atoms with Crippen LogP contribution in [0.2, 0.25) is 0 Å². The molecule has 0 amide bonds. The normalized spacial score (nSPS) is 13.9. The van der Waals surface area contributed by atoms with E-state index in [0.29, 0.717) is 12.5 Å². The lowest BCUT2D eigenvalue weighted by Gasteiger charge is -2.22. The molecule has 130 valence electrons. The van der Waals surface area contributed by atoms with Gasteiger partial charge in [0.2, 0.25) is 0 Å². The number of aliphatic carboxylic acids is 1. The molecule has 2 N–H and O–H groups in total. The summed E-state index contributed by atoms with van der Waals surface area (Å²) in [6, 6.07) is 15.9. The smallest absolute Gasteiger partial charge is 0.326 e. The summed E-state index contributed by atoms with van der Waals surface area (Å²) in [6.07, 6.45) is 0. The van der Waals surface area contributed by atoms with Gasteiger partial charge in [0.05, 0.1) is 0 Å². The SMILES string of the molecule is C=C(N[C@H](C(=O)O)C(C)C)OCC1c2ccccc2-c2ccccc21. The van der Waals surface area contributed by atoms with Crippen molar-refractivity contribution in [3.63, 3.8) is 0 Å². The standard InChI is InChI=1S/C21H23NO3/c1-13(2)20(21(23)24)22-14(3)25-12-19-17-10-6-4-8-15(17)16-9-5-7-11-18(16)19/h4-11,13,19-20,22H,3,12H2,1-2H3,(H,23,24)/t20-/m0/s1. The summed E-state index contributed by atoms with van der Waals surface area (Å²) in [6.45, 7) is 7.96. The molecule has 0 saturated heterocycles. The Kier molecular flexibility index (Phi) is 4.79. The molecule has 1 aliphatic carbocycles. The zero-order valence-electron chi connectivity index (χ0n) is 14.5. The molecule has 0 spiro atoms. The second kappa shape index (κ2) is 7.01. The van der Waals surface area contributed by atoms with Crippen LogP contribution in [0, 0.1) is 5.92 Å². The largest absolute Gasteiger partial charge is 0.480 e. The zero-order chi connectivity index (χ0) is 18.0. The average Bonchev–Trinajstić information content (AvgIpc) is 2.91. The van der Waals surface area contributed by atoms with E-state index in [-0.39, 0.29) is 11.8 Å². The van der Waals surface area contributed by atoms with Crippen molar-refractivity contribution in [3.8, 4) is 11.1 Å². The van der Waals surface area contributed by atoms with Gasteiger partial charge in [-0.05, 0) is 34.8 Å². The lowest BCUT2D eigenvalue weighted by atomic mass is 9.98. The van der Waals surface area contributed by atoms with E-state index >= 15 is 0 Å². The molecule has 0 heterocycles. The summed E-state index contributed by atoms with van der Waals surface area (Å²) in [5, 5.41) is 12.1. The van der Waals surface area contributed by atoms with E-state index in [2.05, 4.69) is 36.2 Å². The number of carbonyl (C=O) groups is 1. The molecule has 25 heavy (non-hydrogen) atoms. The molecule has 0 unspecified atom stereocenters. The Bertz CT molecular complexity index is 752. The van der Waals surface area contributed by atoms with Gasteiger partial charge in [-0.2, -0.15) is 0 Å². The molecule has 0 bridgehead atoms. The minimum Gasteiger partial charge on any atom is -0.480 e. The molecule has 0 aliphatic heterocycles. The predicted molar refractivity (Wildman–Crippen MR) is 98.2 cm³/mol. The van der Waals surface area contributed by atoms with Gasteiger partial charge in [0.1, 0.15) is 12.6 Å². The maximum Gasteiger partial charge on any atom is 0.326 e. The Morgan fingerprint density at radius 1 is 1.12 bits per heavy atom. The monoisotopic (exact) mass is 337 g/mol. The molecule has 1 atom stereocenters. The first-order valence-electron chi connectivity index (χ1n) is 8.48. The van der Waals surface area contributed by atoms with Gasteiger partial charge in [0.15, 0.2) is 5.88 Å². The van der Waals surface area contributed by atoms with Gasteiger partial charge in [0.25, 0.3) is 0 Å². The first-order valence-corrected chi connectivity index (χ1v) is 8.48. The third-order valence-corrected chi connectivity index (χ3v) is 4.64. The van der Waals surface area contributed by atoms with Crippen molar-refractivity contribution in [1.29, 1.82) is 0 Å². The number of carboxylic acid groups (broad SMARTS) is 1. The molecule has 2 aromatic rings. The molecule has 0 fully saturated rings. The van der Waals surface area contributed by atoms with Crippen LogP contribution in [-0.4, -0.2) is 23.7 Å². The number of ether oxygens (including phenoxy) is 1. The second-order valence-corrected chi connectivity index (χ2v) is 6.67. The Labute approximate surface area is 148 Å². The fraction of sp³-hybridized carbons (Fsp3) is 0.286. The Balaban J connectivity index is 1.73. The third kappa shape index (κ3) is 3.38. The first-order chi connectivity index (χ1) is 12.0. The van der Waals surface area contributed by atoms with Crippen molar-refractivity contribution in [1.82, 2.24) is 5.32 Å². The lowest BCUT2D eigenvalue weighted by Crippen LogP contribution is -2.40. The van der Waals surface area contributed by atoms with Crippen molar-refractivity contribution >= 4 is 5.97 Å². The van der Waals surface area contributed by atoms with Gasteiger partial charge in [-0.1, -0.05) is 62.4 Å². The van der Waals surface area contributed by atoms with E-state index in [1.165, 1.54) is 22.3 Å². The van der Waals surface area contributed by atoms with E-state index in [4.69, 9.17) is 4.74 Å². The Hall–Kier alpha value is -2.75. The zero-order valence-corrected chi connectivity index (χ0v) is 14.5. The molecule has 3 rings (SSSR count). The van der Waals surface area contributed by atoms with Crippen LogP contribution in [0.4, 0.5) is 0 Å². The summed E-state index contributed by atoms with van der Waals surface area (Å²) in [7, 11) is 0. The highest BCUT2D eigenvalue weighted by atomic mass is 16.5. The number of benzene rings is 2. The van der Waals surface area contributed by atoms with Crippen LogP contribution in [0.3, 0.4) is 0 Å². The second-order valence-electron chi connectivity index (χ2n) is 6.67. The quantitative estimate of drug-likeness (QED) is 0.750. The van der Waals surface area contributed by atoms with Gasteiger partial charge >= 0.3 is 5.97 Å². The predicted octanol–water partition coefficient (Wildman–Crippen LogP) is 3.99. The van der Waals surface area contributed by atoms with Crippen LogP contribution in [0.15, 0.2) is 61.0 Å². The summed E-state index contributed by atoms with van der Waals surface area (Å²) in [5.41, 5.74) is 4.93. The minimum atomic E-state index is -0.906. The topological polar surface area (TPSA) is 58.6 Å². The maximum absolute atomic E-state index is 11.3. The van der Waals surface area contributed by atoms with Crippen molar-refractivity contribution in [3.05, 3.63) is 72.1 Å². The van der Waals surface area contributed by atoms with Crippen molar-refractivity contribution < 1.29 is 14.6 Å². The van der Waals surface area contributed by atoms with Crippen LogP contribution in [0.5, 0.6) is 0 Å². The minimum absolute atomic E-state index is 0.0641. The molecule has 0 radical (unpaired) electrons. The van der Waals surface area contributed by atoms with Crippen LogP contribution in [-0.2, 0) is 9.53 Å². The molecule has 2 aromatic carbocycles. The van der Waals surface area contributed by atoms with Gasteiger partial charge in [-0.3, -0.25) is 0 Å². The summed E-state index contributed by atoms with van der Waals surface area (Å²) >= 11 is 0. The molecule has 0 aromatic heterocycles. The Morgan fingerprint density at radius 2 is 1.64 bits per heavy atom. The summed E-state index contributed by atoms with van der Waals surface area (Å²) in [4.78, 5) is 11.3. The highest BCUT2D eigenvalue weighted by molar-refractivity contribution is 5.78. The van der Waals surface area contributed by atoms with Crippen LogP contribution in [0.1, 0.15) is 30.9 Å². The summed E-state index contributed by atoms with van der Waals surface area (Å²) < 4.78 is 5.80. The number of fused-ring (bicyclic) bond motifs is 3. The maximum atomic E-state index is 11.3. The van der Waals surface area contributed by atoms with Gasteiger partial charge in [0, 0.05) is 5.92 Å². The number of hydrogen-bond donors (Lipinski definition) is 2. The highest BCUT2D eigenvalue weighted by Crippen LogP contribution is 2.44. The average molecular weight is 337 g/mol. The van der Waals surface area contributed by atoms with E-state index in [1.54, 1.807) is 0 Å². The molecular formula is C21H23NO3. The van der Waals surface area contributed by atoms with Crippen LogP contribution >= 0.6 is 0 Å². The third-order valence-electron chi connectivity index (χ3n) is 4.64. The van der Waals surface area contributed by atoms with Crippen molar-refractivity contribution in [2.24, 2.45) is 5.92 Å². The first kappa shape index (κ1) is 17.1. The van der Waals surface area contributed by atoms with Crippen molar-refractivity contribution in [2.45, 2.75) is 25.8 Å². The molecule has 4 nitrogen and oxygen atoms in total. The molecule has 4 heteroatoms. The molecule has 0 saturated carbocycles. The fourth-order valence-electron chi connectivity index (χ4n) is 3.35.